The van der Waals surface area contributed by atoms with Gasteiger partial charge in [-0.3, -0.25) is 0 Å². The van der Waals surface area contributed by atoms with Gasteiger partial charge in [0.2, 0.25) is 0 Å². The molecule has 2 aliphatic heterocycles. The highest BCUT2D eigenvalue weighted by Gasteiger charge is 2.47. The zero-order valence-electron chi connectivity index (χ0n) is 11.9. The Labute approximate surface area is 119 Å². The van der Waals surface area contributed by atoms with Gasteiger partial charge in [0.05, 0.1) is 6.10 Å². The number of aliphatic hydroxyl groups excluding tert-OH is 1. The van der Waals surface area contributed by atoms with Gasteiger partial charge in [0.1, 0.15) is 5.82 Å². The molecule has 112 valence electrons. The number of piperidine rings is 1. The quantitative estimate of drug-likeness (QED) is 0.899. The molecule has 6 nitrogen and oxygen atoms in total. The Bertz CT molecular complexity index is 596. The lowest BCUT2D eigenvalue weighted by Gasteiger charge is -2.35. The predicted octanol–water partition coefficient (Wildman–Crippen LogP) is 0.888. The van der Waals surface area contributed by atoms with Crippen molar-refractivity contribution < 1.29 is 13.5 Å². The van der Waals surface area contributed by atoms with Gasteiger partial charge in [-0.15, -0.1) is 0 Å². The molecular formula is C13H21N3O3S. The minimum Gasteiger partial charge on any atom is -0.393 e. The Morgan fingerprint density at radius 2 is 1.95 bits per heavy atom. The van der Waals surface area contributed by atoms with Crippen molar-refractivity contribution in [3.05, 3.63) is 12.0 Å². The van der Waals surface area contributed by atoms with Crippen molar-refractivity contribution in [1.82, 2.24) is 13.9 Å². The van der Waals surface area contributed by atoms with Gasteiger partial charge in [0, 0.05) is 24.8 Å². The molecule has 1 N–H and O–H groups in total. The summed E-state index contributed by atoms with van der Waals surface area (Å²) in [6, 6.07) is -0.137. The Balaban J connectivity index is 1.96. The lowest BCUT2D eigenvalue weighted by Crippen LogP contribution is -2.47. The Morgan fingerprint density at radius 1 is 1.35 bits per heavy atom. The zero-order valence-corrected chi connectivity index (χ0v) is 12.7. The summed E-state index contributed by atoms with van der Waals surface area (Å²) in [5.41, 5.74) is 0. The van der Waals surface area contributed by atoms with Gasteiger partial charge in [0.15, 0.2) is 5.03 Å². The molecule has 2 aliphatic rings. The Hall–Kier alpha value is -0.920. The first-order chi connectivity index (χ1) is 9.43. The Morgan fingerprint density at radius 3 is 2.45 bits per heavy atom. The standard InChI is InChI=1S/C13H21N3O3S/c1-3-15-8-13(14-9(15)2)20(18,19)16-10-4-5-11(16)7-12(17)6-10/h8,10-12,17H,3-7H2,1-2H3. The SMILES string of the molecule is CCn1cc(S(=O)(=O)N2C3CCC2CC(O)C3)nc1C. The first kappa shape index (κ1) is 14.0. The van der Waals surface area contributed by atoms with Crippen LogP contribution in [0.2, 0.25) is 0 Å². The number of hydrogen-bond donors (Lipinski definition) is 1. The van der Waals surface area contributed by atoms with E-state index in [1.807, 2.05) is 18.4 Å². The molecule has 2 atom stereocenters. The monoisotopic (exact) mass is 299 g/mol. The van der Waals surface area contributed by atoms with Crippen molar-refractivity contribution in [2.75, 3.05) is 0 Å². The van der Waals surface area contributed by atoms with Crippen molar-refractivity contribution in [2.45, 2.75) is 69.3 Å². The predicted molar refractivity (Wildman–Crippen MR) is 73.7 cm³/mol. The fourth-order valence-electron chi connectivity index (χ4n) is 3.53. The third kappa shape index (κ3) is 2.08. The van der Waals surface area contributed by atoms with Gasteiger partial charge in [-0.2, -0.15) is 4.31 Å². The number of rotatable bonds is 3. The van der Waals surface area contributed by atoms with Crippen LogP contribution in [-0.2, 0) is 16.6 Å². The molecule has 0 saturated carbocycles. The Kier molecular flexibility index (Phi) is 3.38. The lowest BCUT2D eigenvalue weighted by atomic mass is 10.0. The van der Waals surface area contributed by atoms with Crippen molar-refractivity contribution in [3.8, 4) is 0 Å². The van der Waals surface area contributed by atoms with Gasteiger partial charge in [-0.25, -0.2) is 13.4 Å². The average molecular weight is 299 g/mol. The summed E-state index contributed by atoms with van der Waals surface area (Å²) in [5.74, 6) is 0.718. The molecule has 0 aliphatic carbocycles. The summed E-state index contributed by atoms with van der Waals surface area (Å²) in [7, 11) is -3.54. The summed E-state index contributed by atoms with van der Waals surface area (Å²) in [5, 5.41) is 9.93. The number of aliphatic hydroxyl groups is 1. The molecular weight excluding hydrogens is 278 g/mol. The molecule has 1 aromatic rings. The van der Waals surface area contributed by atoms with Crippen LogP contribution in [0.1, 0.15) is 38.4 Å². The minimum atomic E-state index is -3.54. The van der Waals surface area contributed by atoms with E-state index in [0.717, 1.165) is 18.7 Å². The lowest BCUT2D eigenvalue weighted by molar-refractivity contribution is 0.0767. The van der Waals surface area contributed by atoms with Crippen LogP contribution in [-0.4, -0.2) is 45.6 Å². The molecule has 20 heavy (non-hydrogen) atoms. The van der Waals surface area contributed by atoms with E-state index in [1.165, 1.54) is 0 Å². The van der Waals surface area contributed by atoms with Crippen molar-refractivity contribution in [3.63, 3.8) is 0 Å². The molecule has 3 heterocycles. The van der Waals surface area contributed by atoms with E-state index in [1.54, 1.807) is 10.5 Å². The molecule has 0 radical (unpaired) electrons. The maximum Gasteiger partial charge on any atom is 0.262 e. The topological polar surface area (TPSA) is 75.4 Å². The van der Waals surface area contributed by atoms with Gasteiger partial charge >= 0.3 is 0 Å². The molecule has 7 heteroatoms. The maximum absolute atomic E-state index is 12.8. The summed E-state index contributed by atoms with van der Waals surface area (Å²) < 4.78 is 29.0. The van der Waals surface area contributed by atoms with Gasteiger partial charge in [-0.1, -0.05) is 0 Å². The fourth-order valence-corrected chi connectivity index (χ4v) is 5.42. The van der Waals surface area contributed by atoms with Gasteiger partial charge in [0.25, 0.3) is 10.0 Å². The van der Waals surface area contributed by atoms with E-state index in [4.69, 9.17) is 0 Å². The first-order valence-corrected chi connectivity index (χ1v) is 8.63. The first-order valence-electron chi connectivity index (χ1n) is 7.19. The van der Waals surface area contributed by atoms with E-state index in [9.17, 15) is 13.5 Å². The van der Waals surface area contributed by atoms with E-state index in [0.29, 0.717) is 19.4 Å². The molecule has 2 fully saturated rings. The second-order valence-electron chi connectivity index (χ2n) is 5.76. The highest BCUT2D eigenvalue weighted by molar-refractivity contribution is 7.89. The smallest absolute Gasteiger partial charge is 0.262 e. The summed E-state index contributed by atoms with van der Waals surface area (Å²) in [6.45, 7) is 4.49. The zero-order chi connectivity index (χ0) is 14.5. The second kappa shape index (κ2) is 4.82. The number of aryl methyl sites for hydroxylation is 2. The van der Waals surface area contributed by atoms with Crippen molar-refractivity contribution in [2.24, 2.45) is 0 Å². The van der Waals surface area contributed by atoms with Crippen LogP contribution >= 0.6 is 0 Å². The van der Waals surface area contributed by atoms with Crippen LogP contribution in [0, 0.1) is 6.92 Å². The largest absolute Gasteiger partial charge is 0.393 e. The van der Waals surface area contributed by atoms with Crippen LogP contribution in [0.3, 0.4) is 0 Å². The molecule has 3 rings (SSSR count). The van der Waals surface area contributed by atoms with E-state index in [2.05, 4.69) is 4.98 Å². The number of fused-ring (bicyclic) bond motifs is 2. The van der Waals surface area contributed by atoms with E-state index < -0.39 is 10.0 Å². The van der Waals surface area contributed by atoms with Gasteiger partial charge < -0.3 is 9.67 Å². The number of aromatic nitrogens is 2. The highest BCUT2D eigenvalue weighted by atomic mass is 32.2. The van der Waals surface area contributed by atoms with Crippen LogP contribution in [0.5, 0.6) is 0 Å². The maximum atomic E-state index is 12.8. The molecule has 0 aromatic carbocycles. The third-order valence-electron chi connectivity index (χ3n) is 4.48. The third-order valence-corrected chi connectivity index (χ3v) is 6.35. The number of sulfonamides is 1. The second-order valence-corrected chi connectivity index (χ2v) is 7.55. The number of hydrogen-bond acceptors (Lipinski definition) is 4. The van der Waals surface area contributed by atoms with Crippen molar-refractivity contribution in [1.29, 1.82) is 0 Å². The summed E-state index contributed by atoms with van der Waals surface area (Å²) >= 11 is 0. The van der Waals surface area contributed by atoms with E-state index >= 15 is 0 Å². The molecule has 0 spiro atoms. The molecule has 2 unspecified atom stereocenters. The summed E-state index contributed by atoms with van der Waals surface area (Å²) in [4.78, 5) is 4.21. The minimum absolute atomic E-state index is 0.0687. The van der Waals surface area contributed by atoms with Crippen LogP contribution in [0.4, 0.5) is 0 Å². The molecule has 0 amide bonds. The summed E-state index contributed by atoms with van der Waals surface area (Å²) in [6.07, 6.45) is 4.03. The molecule has 2 saturated heterocycles. The fraction of sp³-hybridized carbons (Fsp3) is 0.769. The average Bonchev–Trinajstić information content (AvgIpc) is 2.89. The van der Waals surface area contributed by atoms with E-state index in [-0.39, 0.29) is 23.2 Å². The highest BCUT2D eigenvalue weighted by Crippen LogP contribution is 2.39. The van der Waals surface area contributed by atoms with Crippen LogP contribution in [0.15, 0.2) is 11.2 Å². The molecule has 2 bridgehead atoms. The van der Waals surface area contributed by atoms with Gasteiger partial charge in [-0.05, 0) is 39.5 Å². The number of imidazole rings is 1. The van der Waals surface area contributed by atoms with Crippen LogP contribution in [0.25, 0.3) is 0 Å². The normalized spacial score (nSPS) is 30.9. The number of nitrogens with zero attached hydrogens (tertiary/aromatic N) is 3. The van der Waals surface area contributed by atoms with Crippen LogP contribution < -0.4 is 0 Å². The van der Waals surface area contributed by atoms with Crippen molar-refractivity contribution >= 4 is 10.0 Å². The molecule has 1 aromatic heterocycles.